The Morgan fingerprint density at radius 3 is 1.06 bits per heavy atom. The number of aryl methyl sites for hydroxylation is 6. The number of carbonyl (C=O) groups is 2. The van der Waals surface area contributed by atoms with E-state index >= 15 is 0 Å². The lowest BCUT2D eigenvalue weighted by molar-refractivity contribution is 0.102. The molecule has 0 amide bonds. The van der Waals surface area contributed by atoms with Gasteiger partial charge in [-0.2, -0.15) is 0 Å². The van der Waals surface area contributed by atoms with Crippen LogP contribution < -0.4 is 10.6 Å². The summed E-state index contributed by atoms with van der Waals surface area (Å²) in [5.41, 5.74) is 8.70. The van der Waals surface area contributed by atoms with Crippen LogP contribution in [0.15, 0.2) is 72.8 Å². The van der Waals surface area contributed by atoms with Crippen LogP contribution in [-0.2, 0) is 4.57 Å². The summed E-state index contributed by atoms with van der Waals surface area (Å²) in [5.74, 6) is -0.0541. The van der Waals surface area contributed by atoms with E-state index in [-0.39, 0.29) is 11.6 Å². The van der Waals surface area contributed by atoms with Crippen LogP contribution in [-0.4, -0.2) is 11.6 Å². The van der Waals surface area contributed by atoms with E-state index in [4.69, 9.17) is 0 Å². The number of carbonyl (C=O) groups excluding carboxylic acids is 2. The molecule has 0 heterocycles. The second-order valence-electron chi connectivity index (χ2n) is 9.69. The van der Waals surface area contributed by atoms with E-state index in [9.17, 15) is 14.2 Å². The molecule has 0 saturated heterocycles. The summed E-state index contributed by atoms with van der Waals surface area (Å²) in [6.45, 7) is 11.9. The molecule has 0 bridgehead atoms. The number of hydrogen-bond donors (Lipinski definition) is 0. The molecule has 36 heavy (non-hydrogen) atoms. The zero-order valence-electron chi connectivity index (χ0n) is 21.7. The maximum Gasteiger partial charge on any atom is 0.193 e. The Labute approximate surface area is 214 Å². The maximum atomic E-state index is 13.3. The first-order chi connectivity index (χ1) is 17.1. The van der Waals surface area contributed by atoms with Gasteiger partial charge in [0, 0.05) is 32.9 Å². The van der Waals surface area contributed by atoms with Gasteiger partial charge < -0.3 is 4.57 Å². The van der Waals surface area contributed by atoms with E-state index in [1.54, 1.807) is 48.5 Å². The van der Waals surface area contributed by atoms with Crippen LogP contribution in [0.2, 0.25) is 0 Å². The van der Waals surface area contributed by atoms with Gasteiger partial charge in [-0.3, -0.25) is 9.59 Å². The molecule has 0 aromatic heterocycles. The van der Waals surface area contributed by atoms with Gasteiger partial charge in [0.1, 0.15) is 7.80 Å². The predicted octanol–water partition coefficient (Wildman–Crippen LogP) is 6.51. The minimum Gasteiger partial charge on any atom is -0.317 e. The summed E-state index contributed by atoms with van der Waals surface area (Å²) >= 11 is 0. The van der Waals surface area contributed by atoms with Crippen molar-refractivity contribution in [2.45, 2.75) is 41.5 Å². The van der Waals surface area contributed by atoms with E-state index < -0.39 is 7.80 Å². The Kier molecular flexibility index (Phi) is 7.24. The molecule has 0 fully saturated rings. The summed E-state index contributed by atoms with van der Waals surface area (Å²) in [6, 6.07) is 22.1. The fourth-order valence-corrected chi connectivity index (χ4v) is 6.35. The van der Waals surface area contributed by atoms with Gasteiger partial charge in [0.25, 0.3) is 0 Å². The van der Waals surface area contributed by atoms with Gasteiger partial charge in [0.2, 0.25) is 0 Å². The van der Waals surface area contributed by atoms with Gasteiger partial charge in [0.15, 0.2) is 11.6 Å². The summed E-state index contributed by atoms with van der Waals surface area (Å²) in [5, 5.41) is 1.36. The highest BCUT2D eigenvalue weighted by Gasteiger charge is 2.18. The fourth-order valence-electron chi connectivity index (χ4n) is 5.08. The van der Waals surface area contributed by atoms with Crippen LogP contribution in [0.4, 0.5) is 0 Å². The summed E-state index contributed by atoms with van der Waals surface area (Å²) < 4.78 is 13.3. The minimum atomic E-state index is -2.27. The third kappa shape index (κ3) is 5.03. The van der Waals surface area contributed by atoms with Crippen molar-refractivity contribution in [1.82, 2.24) is 0 Å². The van der Waals surface area contributed by atoms with E-state index in [0.29, 0.717) is 21.7 Å². The molecular formula is C32H31O3P. The Balaban J connectivity index is 1.55. The molecule has 0 unspecified atom stereocenters. The molecule has 4 rings (SSSR count). The summed E-state index contributed by atoms with van der Waals surface area (Å²) in [4.78, 5) is 26.3. The Bertz CT molecular complexity index is 1350. The van der Waals surface area contributed by atoms with Crippen molar-refractivity contribution in [2.24, 2.45) is 0 Å². The first kappa shape index (κ1) is 25.5. The monoisotopic (exact) mass is 494 g/mol. The second-order valence-corrected chi connectivity index (χ2v) is 11.5. The number of hydrogen-bond acceptors (Lipinski definition) is 3. The highest BCUT2D eigenvalue weighted by atomic mass is 31.1. The second kappa shape index (κ2) is 10.2. The minimum absolute atomic E-state index is 0.0271. The Morgan fingerprint density at radius 1 is 0.500 bits per heavy atom. The van der Waals surface area contributed by atoms with Crippen LogP contribution in [0.1, 0.15) is 65.2 Å². The van der Waals surface area contributed by atoms with Gasteiger partial charge in [-0.1, -0.05) is 83.9 Å². The van der Waals surface area contributed by atoms with Gasteiger partial charge >= 0.3 is 0 Å². The molecule has 0 saturated carbocycles. The van der Waals surface area contributed by atoms with Crippen molar-refractivity contribution in [3.63, 3.8) is 0 Å². The lowest BCUT2D eigenvalue weighted by atomic mass is 9.93. The molecule has 0 aliphatic rings. The van der Waals surface area contributed by atoms with Gasteiger partial charge in [-0.25, -0.2) is 0 Å². The van der Waals surface area contributed by atoms with E-state index in [1.807, 2.05) is 65.8 Å². The maximum absolute atomic E-state index is 13.3. The van der Waals surface area contributed by atoms with Crippen LogP contribution in [0.3, 0.4) is 0 Å². The fraction of sp³-hybridized carbons (Fsp3) is 0.188. The molecule has 0 spiro atoms. The quantitative estimate of drug-likeness (QED) is 0.227. The summed E-state index contributed by atoms with van der Waals surface area (Å²) in [7, 11) is -2.27. The van der Waals surface area contributed by atoms with E-state index in [1.165, 1.54) is 0 Å². The van der Waals surface area contributed by atoms with E-state index in [0.717, 1.165) is 44.5 Å². The normalized spacial score (nSPS) is 11.1. The number of rotatable bonds is 6. The lowest BCUT2D eigenvalue weighted by Gasteiger charge is -2.12. The molecule has 0 atom stereocenters. The largest absolute Gasteiger partial charge is 0.317 e. The molecule has 0 aliphatic carbocycles. The molecule has 0 N–H and O–H groups in total. The predicted molar refractivity (Wildman–Crippen MR) is 149 cm³/mol. The van der Waals surface area contributed by atoms with E-state index in [2.05, 4.69) is 0 Å². The van der Waals surface area contributed by atoms with Gasteiger partial charge in [-0.05, 0) is 63.8 Å². The van der Waals surface area contributed by atoms with Crippen molar-refractivity contribution in [1.29, 1.82) is 0 Å². The topological polar surface area (TPSA) is 51.2 Å². The molecule has 4 heteroatoms. The van der Waals surface area contributed by atoms with Crippen LogP contribution in [0, 0.1) is 41.5 Å². The van der Waals surface area contributed by atoms with Crippen molar-refractivity contribution < 1.29 is 14.2 Å². The summed E-state index contributed by atoms with van der Waals surface area (Å²) in [6.07, 6.45) is 0. The van der Waals surface area contributed by atoms with Crippen molar-refractivity contribution in [3.05, 3.63) is 128 Å². The Morgan fingerprint density at radius 2 is 0.778 bits per heavy atom. The molecule has 4 aromatic rings. The zero-order valence-corrected chi connectivity index (χ0v) is 22.7. The third-order valence-electron chi connectivity index (χ3n) is 6.63. The van der Waals surface area contributed by atoms with Crippen LogP contribution in [0.5, 0.6) is 0 Å². The van der Waals surface area contributed by atoms with Crippen LogP contribution >= 0.6 is 7.80 Å². The average Bonchev–Trinajstić information content (AvgIpc) is 2.82. The first-order valence-corrected chi connectivity index (χ1v) is 13.5. The van der Waals surface area contributed by atoms with Gasteiger partial charge in [0.05, 0.1) is 0 Å². The zero-order chi connectivity index (χ0) is 26.1. The molecule has 4 aromatic carbocycles. The molecule has 3 nitrogen and oxygen atoms in total. The SMILES string of the molecule is Cc1cc(C)c(C(=O)c2ccc([PH](=O)c3ccc(C(=O)c4c(C)cc(C)cc4C)cc3)cc2)c(C)c1. The third-order valence-corrected chi connectivity index (χ3v) is 8.34. The highest BCUT2D eigenvalue weighted by Crippen LogP contribution is 2.24. The standard InChI is InChI=1S/C32H31O3P/c1-19-15-21(3)29(22(4)16-19)31(33)25-7-11-27(12-8-25)36(35)28-13-9-26(10-14-28)32(34)30-23(5)17-20(2)18-24(30)6/h7-18,36H,1-6H3. The molecule has 0 aliphatic heterocycles. The number of ketones is 2. The Hall–Kier alpha value is -3.55. The lowest BCUT2D eigenvalue weighted by Crippen LogP contribution is -2.11. The van der Waals surface area contributed by atoms with Crippen molar-refractivity contribution >= 4 is 30.0 Å². The molecule has 182 valence electrons. The first-order valence-electron chi connectivity index (χ1n) is 12.1. The van der Waals surface area contributed by atoms with Crippen molar-refractivity contribution in [2.75, 3.05) is 0 Å². The smallest absolute Gasteiger partial charge is 0.193 e. The average molecular weight is 495 g/mol. The highest BCUT2D eigenvalue weighted by molar-refractivity contribution is 7.61. The van der Waals surface area contributed by atoms with Crippen LogP contribution in [0.25, 0.3) is 0 Å². The van der Waals surface area contributed by atoms with Gasteiger partial charge in [-0.15, -0.1) is 0 Å². The molecular weight excluding hydrogens is 463 g/mol. The van der Waals surface area contributed by atoms with Crippen molar-refractivity contribution in [3.8, 4) is 0 Å². The molecule has 0 radical (unpaired) electrons. The number of benzene rings is 4.